The van der Waals surface area contributed by atoms with E-state index in [2.05, 4.69) is 10.2 Å². The van der Waals surface area contributed by atoms with Crippen molar-refractivity contribution in [1.29, 1.82) is 0 Å². The number of benzene rings is 3. The van der Waals surface area contributed by atoms with Crippen molar-refractivity contribution >= 4 is 12.0 Å². The molecule has 0 bridgehead atoms. The molecule has 0 saturated carbocycles. The Hall–Kier alpha value is -4.66. The van der Waals surface area contributed by atoms with Gasteiger partial charge in [0.15, 0.2) is 11.5 Å². The highest BCUT2D eigenvalue weighted by Gasteiger charge is 2.08. The summed E-state index contributed by atoms with van der Waals surface area (Å²) in [7, 11) is 0. The first-order valence-corrected chi connectivity index (χ1v) is 11.1. The van der Waals surface area contributed by atoms with Crippen LogP contribution in [0.4, 0.5) is 4.39 Å². The van der Waals surface area contributed by atoms with Crippen LogP contribution >= 0.6 is 0 Å². The molecule has 0 atom stereocenters. The van der Waals surface area contributed by atoms with Gasteiger partial charge in [-0.1, -0.05) is 6.07 Å². The van der Waals surface area contributed by atoms with Crippen LogP contribution in [0, 0.1) is 5.82 Å². The molecule has 4 rings (SSSR count). The summed E-state index contributed by atoms with van der Waals surface area (Å²) in [5.41, 5.74) is 1.45. The molecule has 0 saturated heterocycles. The third-order valence-corrected chi connectivity index (χ3v) is 4.78. The van der Waals surface area contributed by atoms with Gasteiger partial charge in [0.2, 0.25) is 12.3 Å². The maximum absolute atomic E-state index is 13.0. The molecule has 184 valence electrons. The molecule has 0 spiro atoms. The van der Waals surface area contributed by atoms with Gasteiger partial charge in [-0.05, 0) is 79.2 Å². The van der Waals surface area contributed by atoms with Crippen LogP contribution in [0.25, 0.3) is 17.5 Å². The van der Waals surface area contributed by atoms with Crippen LogP contribution in [-0.2, 0) is 4.79 Å². The van der Waals surface area contributed by atoms with E-state index in [1.54, 1.807) is 60.7 Å². The lowest BCUT2D eigenvalue weighted by molar-refractivity contribution is -0.128. The Bertz CT molecular complexity index is 1290. The first kappa shape index (κ1) is 24.5. The Morgan fingerprint density at radius 1 is 0.917 bits per heavy atom. The lowest BCUT2D eigenvalue weighted by Crippen LogP contribution is -2.10. The molecule has 1 aromatic heterocycles. The van der Waals surface area contributed by atoms with E-state index in [1.807, 2.05) is 6.92 Å². The average molecular weight is 490 g/mol. The zero-order valence-corrected chi connectivity index (χ0v) is 19.4. The van der Waals surface area contributed by atoms with Crippen LogP contribution in [0.2, 0.25) is 0 Å². The summed E-state index contributed by atoms with van der Waals surface area (Å²) in [6, 6.07) is 17.8. The molecule has 0 aliphatic heterocycles. The number of esters is 1. The minimum atomic E-state index is -0.531. The average Bonchev–Trinajstić information content (AvgIpc) is 3.43. The highest BCUT2D eigenvalue weighted by atomic mass is 19.1. The maximum Gasteiger partial charge on any atom is 0.336 e. The fourth-order valence-corrected chi connectivity index (χ4v) is 3.14. The summed E-state index contributed by atoms with van der Waals surface area (Å²) in [5.74, 6) is 1.54. The molecule has 0 aliphatic carbocycles. The van der Waals surface area contributed by atoms with Crippen LogP contribution in [0.15, 0.2) is 83.6 Å². The summed E-state index contributed by atoms with van der Waals surface area (Å²) in [4.78, 5) is 12.2. The van der Waals surface area contributed by atoms with E-state index < -0.39 is 5.97 Å². The van der Waals surface area contributed by atoms with E-state index in [1.165, 1.54) is 24.6 Å². The third kappa shape index (κ3) is 6.92. The molecule has 4 aromatic rings. The number of nitrogens with zero attached hydrogens (tertiary/aromatic N) is 2. The number of halogens is 1. The monoisotopic (exact) mass is 490 g/mol. The minimum absolute atomic E-state index is 0.268. The zero-order chi connectivity index (χ0) is 25.2. The second-order valence-electron chi connectivity index (χ2n) is 7.31. The minimum Gasteiger partial charge on any atom is -0.490 e. The summed E-state index contributed by atoms with van der Waals surface area (Å²) >= 11 is 0. The Balaban J connectivity index is 1.31. The van der Waals surface area contributed by atoms with Gasteiger partial charge in [-0.2, -0.15) is 0 Å². The lowest BCUT2D eigenvalue weighted by atomic mass is 10.2. The molecule has 0 aliphatic rings. The topological polar surface area (TPSA) is 92.9 Å². The molecule has 0 radical (unpaired) electrons. The van der Waals surface area contributed by atoms with E-state index >= 15 is 0 Å². The van der Waals surface area contributed by atoms with Gasteiger partial charge >= 0.3 is 5.97 Å². The van der Waals surface area contributed by atoms with Crippen LogP contribution in [0.5, 0.6) is 23.0 Å². The number of aromatic nitrogens is 2. The fourth-order valence-electron chi connectivity index (χ4n) is 3.14. The van der Waals surface area contributed by atoms with Gasteiger partial charge < -0.3 is 23.4 Å². The van der Waals surface area contributed by atoms with E-state index in [4.69, 9.17) is 23.4 Å². The largest absolute Gasteiger partial charge is 0.490 e. The normalized spacial score (nSPS) is 10.8. The van der Waals surface area contributed by atoms with Crippen LogP contribution in [0.1, 0.15) is 12.5 Å². The summed E-state index contributed by atoms with van der Waals surface area (Å²) in [5, 5.41) is 7.46. The summed E-state index contributed by atoms with van der Waals surface area (Å²) in [6.07, 6.45) is 4.20. The predicted molar refractivity (Wildman–Crippen MR) is 129 cm³/mol. The zero-order valence-electron chi connectivity index (χ0n) is 19.4. The molecule has 3 aromatic carbocycles. The number of ether oxygens (including phenoxy) is 4. The van der Waals surface area contributed by atoms with Crippen LogP contribution < -0.4 is 18.9 Å². The molecule has 9 heteroatoms. The number of carbonyl (C=O) groups is 1. The van der Waals surface area contributed by atoms with Gasteiger partial charge in [-0.15, -0.1) is 10.2 Å². The quantitative estimate of drug-likeness (QED) is 0.120. The first-order valence-electron chi connectivity index (χ1n) is 11.1. The number of hydrogen-bond donors (Lipinski definition) is 0. The molecule has 0 amide bonds. The molecule has 36 heavy (non-hydrogen) atoms. The maximum atomic E-state index is 13.0. The summed E-state index contributed by atoms with van der Waals surface area (Å²) in [6.45, 7) is 2.85. The van der Waals surface area contributed by atoms with Crippen LogP contribution in [0.3, 0.4) is 0 Å². The van der Waals surface area contributed by atoms with Crippen molar-refractivity contribution in [3.63, 3.8) is 0 Å². The van der Waals surface area contributed by atoms with Gasteiger partial charge in [0, 0.05) is 11.6 Å². The Labute approximate surface area is 206 Å². The van der Waals surface area contributed by atoms with Crippen molar-refractivity contribution in [1.82, 2.24) is 10.2 Å². The predicted octanol–water partition coefficient (Wildman–Crippen LogP) is 5.35. The lowest BCUT2D eigenvalue weighted by Gasteiger charge is -2.13. The highest BCUT2D eigenvalue weighted by molar-refractivity contribution is 5.88. The van der Waals surface area contributed by atoms with Crippen molar-refractivity contribution in [3.05, 3.63) is 90.6 Å². The number of carbonyl (C=O) groups excluding carboxylic acids is 1. The van der Waals surface area contributed by atoms with E-state index in [9.17, 15) is 9.18 Å². The third-order valence-electron chi connectivity index (χ3n) is 4.78. The smallest absolute Gasteiger partial charge is 0.336 e. The SMILES string of the molecule is CCOc1cc(/C=C/C(=O)Oc2ccc(-c3nnco3)cc2)ccc1OCCOc1ccc(F)cc1. The fraction of sp³-hybridized carbons (Fsp3) is 0.148. The van der Waals surface area contributed by atoms with Gasteiger partial charge in [-0.3, -0.25) is 0 Å². The molecule has 0 N–H and O–H groups in total. The second kappa shape index (κ2) is 12.2. The highest BCUT2D eigenvalue weighted by Crippen LogP contribution is 2.29. The standard InChI is InChI=1S/C27H23FN2O6/c1-2-32-25-17-19(3-13-24(25)34-16-15-33-22-11-7-21(28)8-12-22)4-14-26(31)36-23-9-5-20(6-10-23)27-30-29-18-35-27/h3-14,17-18H,2,15-16H2,1H3/b14-4+. The molecule has 0 fully saturated rings. The molecular formula is C27H23FN2O6. The van der Waals surface area contributed by atoms with Crippen LogP contribution in [-0.4, -0.2) is 36.0 Å². The van der Waals surface area contributed by atoms with Crippen molar-refractivity contribution in [3.8, 4) is 34.5 Å². The van der Waals surface area contributed by atoms with Crippen molar-refractivity contribution in [2.45, 2.75) is 6.92 Å². The van der Waals surface area contributed by atoms with Gasteiger partial charge in [0.25, 0.3) is 0 Å². The van der Waals surface area contributed by atoms with Gasteiger partial charge in [-0.25, -0.2) is 9.18 Å². The Kier molecular flexibility index (Phi) is 8.27. The molecule has 1 heterocycles. The van der Waals surface area contributed by atoms with E-state index in [0.29, 0.717) is 35.5 Å². The first-order chi connectivity index (χ1) is 17.6. The van der Waals surface area contributed by atoms with Gasteiger partial charge in [0.1, 0.15) is 30.5 Å². The molecule has 8 nitrogen and oxygen atoms in total. The van der Waals surface area contributed by atoms with Crippen molar-refractivity contribution in [2.75, 3.05) is 19.8 Å². The summed E-state index contributed by atoms with van der Waals surface area (Å²) < 4.78 is 40.4. The van der Waals surface area contributed by atoms with Gasteiger partial charge in [0.05, 0.1) is 6.61 Å². The Morgan fingerprint density at radius 3 is 2.39 bits per heavy atom. The van der Waals surface area contributed by atoms with E-state index in [-0.39, 0.29) is 19.0 Å². The number of hydrogen-bond acceptors (Lipinski definition) is 8. The number of rotatable bonds is 11. The second-order valence-corrected chi connectivity index (χ2v) is 7.31. The van der Waals surface area contributed by atoms with E-state index in [0.717, 1.165) is 11.1 Å². The van der Waals surface area contributed by atoms with Crippen molar-refractivity contribution < 1.29 is 32.5 Å². The molecule has 0 unspecified atom stereocenters. The van der Waals surface area contributed by atoms with Crippen molar-refractivity contribution in [2.24, 2.45) is 0 Å². The molecular weight excluding hydrogens is 467 g/mol. The Morgan fingerprint density at radius 2 is 1.67 bits per heavy atom.